The molecular weight excluding hydrogens is 448 g/mol. The number of rotatable bonds is 6. The zero-order valence-corrected chi connectivity index (χ0v) is 18.8. The lowest BCUT2D eigenvalue weighted by Gasteiger charge is -2.24. The van der Waals surface area contributed by atoms with Crippen molar-refractivity contribution in [2.75, 3.05) is 16.4 Å². The third-order valence-corrected chi connectivity index (χ3v) is 6.53. The number of amides is 2. The van der Waals surface area contributed by atoms with Crippen LogP contribution in [-0.2, 0) is 16.0 Å². The van der Waals surface area contributed by atoms with E-state index in [0.29, 0.717) is 27.2 Å². The van der Waals surface area contributed by atoms with E-state index >= 15 is 0 Å². The van der Waals surface area contributed by atoms with Crippen molar-refractivity contribution in [2.24, 2.45) is 0 Å². The molecule has 9 heteroatoms. The molecule has 0 bridgehead atoms. The number of aryl methyl sites for hydroxylation is 1. The molecule has 2 aromatic carbocycles. The van der Waals surface area contributed by atoms with E-state index in [1.54, 1.807) is 25.1 Å². The van der Waals surface area contributed by atoms with E-state index < -0.39 is 17.4 Å². The van der Waals surface area contributed by atoms with Crippen LogP contribution in [0, 0.1) is 6.92 Å². The number of aromatic amines is 1. The van der Waals surface area contributed by atoms with Crippen molar-refractivity contribution in [1.29, 1.82) is 0 Å². The summed E-state index contributed by atoms with van der Waals surface area (Å²) in [6.07, 6.45) is 0.673. The lowest BCUT2D eigenvalue weighted by molar-refractivity contribution is -0.123. The number of thioether (sulfide) groups is 1. The highest BCUT2D eigenvalue weighted by atomic mass is 35.5. The Morgan fingerprint density at radius 2 is 1.97 bits per heavy atom. The highest BCUT2D eigenvalue weighted by molar-refractivity contribution is 7.99. The summed E-state index contributed by atoms with van der Waals surface area (Å²) in [5.41, 5.74) is 2.16. The molecule has 0 spiro atoms. The fraction of sp³-hybridized carbons (Fsp3) is 0.217. The Bertz CT molecular complexity index is 1230. The Morgan fingerprint density at radius 3 is 2.75 bits per heavy atom. The molecule has 2 amide bonds. The Balaban J connectivity index is 1.54. The first-order valence-electron chi connectivity index (χ1n) is 10.1. The van der Waals surface area contributed by atoms with Gasteiger partial charge in [-0.2, -0.15) is 0 Å². The molecule has 3 N–H and O–H groups in total. The monoisotopic (exact) mass is 468 g/mol. The van der Waals surface area contributed by atoms with Crippen molar-refractivity contribution < 1.29 is 9.59 Å². The number of nitrogens with one attached hydrogen (secondary N) is 3. The number of carbonyl (C=O) groups excluding carboxylic acids is 2. The van der Waals surface area contributed by atoms with E-state index in [-0.39, 0.29) is 23.7 Å². The minimum absolute atomic E-state index is 0.134. The minimum atomic E-state index is -0.947. The molecule has 0 saturated heterocycles. The van der Waals surface area contributed by atoms with Gasteiger partial charge in [-0.15, -0.1) is 0 Å². The zero-order chi connectivity index (χ0) is 22.7. The number of nitrogens with zero attached hydrogens (tertiary/aromatic N) is 1. The van der Waals surface area contributed by atoms with Crippen molar-refractivity contribution in [3.63, 3.8) is 0 Å². The molecule has 7 nitrogen and oxygen atoms in total. The molecule has 1 aromatic heterocycles. The number of hydrogen-bond acceptors (Lipinski definition) is 5. The first-order chi connectivity index (χ1) is 15.4. The highest BCUT2D eigenvalue weighted by Crippen LogP contribution is 2.31. The summed E-state index contributed by atoms with van der Waals surface area (Å²) >= 11 is 7.51. The first kappa shape index (κ1) is 22.1. The molecule has 0 saturated carbocycles. The smallest absolute Gasteiger partial charge is 0.257 e. The van der Waals surface area contributed by atoms with Crippen LogP contribution in [0.1, 0.15) is 29.0 Å². The van der Waals surface area contributed by atoms with Crippen LogP contribution in [0.3, 0.4) is 0 Å². The molecule has 164 valence electrons. The summed E-state index contributed by atoms with van der Waals surface area (Å²) < 4.78 is 0. The van der Waals surface area contributed by atoms with E-state index in [2.05, 4.69) is 20.6 Å². The van der Waals surface area contributed by atoms with Gasteiger partial charge in [-0.05, 0) is 36.6 Å². The van der Waals surface area contributed by atoms with Crippen LogP contribution >= 0.6 is 23.4 Å². The largest absolute Gasteiger partial charge is 0.325 e. The average molecular weight is 469 g/mol. The summed E-state index contributed by atoms with van der Waals surface area (Å²) in [5, 5.41) is 6.34. The van der Waals surface area contributed by atoms with E-state index in [4.69, 9.17) is 11.6 Å². The van der Waals surface area contributed by atoms with E-state index in [1.807, 2.05) is 30.3 Å². The van der Waals surface area contributed by atoms with E-state index in [1.165, 1.54) is 17.3 Å². The standard InChI is InChI=1S/C23H21ClN4O3S/c1-13-16(24)8-5-9-17(13)25-21(30)15-12-18(29)26-20-19(15)22(31)28-23(27-20)32-11-10-14-6-3-2-4-7-14/h2-9,15H,10-12H2,1H3,(H,25,30)(H2,26,27,28,29,31)/t15-/m0/s1. The van der Waals surface area contributed by atoms with Gasteiger partial charge < -0.3 is 15.6 Å². The summed E-state index contributed by atoms with van der Waals surface area (Å²) in [6.45, 7) is 1.78. The second-order valence-corrected chi connectivity index (χ2v) is 8.91. The maximum Gasteiger partial charge on any atom is 0.257 e. The van der Waals surface area contributed by atoms with Gasteiger partial charge in [0, 0.05) is 22.9 Å². The van der Waals surface area contributed by atoms with Gasteiger partial charge in [0.2, 0.25) is 11.8 Å². The topological polar surface area (TPSA) is 104 Å². The molecule has 1 aliphatic heterocycles. The Morgan fingerprint density at radius 1 is 1.19 bits per heavy atom. The zero-order valence-electron chi connectivity index (χ0n) is 17.3. The molecule has 32 heavy (non-hydrogen) atoms. The Labute approximate surface area is 194 Å². The minimum Gasteiger partial charge on any atom is -0.325 e. The summed E-state index contributed by atoms with van der Waals surface area (Å²) in [7, 11) is 0. The number of anilines is 2. The molecule has 2 heterocycles. The predicted octanol–water partition coefficient (Wildman–Crippen LogP) is 4.13. The van der Waals surface area contributed by atoms with Crippen LogP contribution < -0.4 is 16.2 Å². The van der Waals surface area contributed by atoms with E-state index in [9.17, 15) is 14.4 Å². The Kier molecular flexibility index (Phi) is 6.62. The van der Waals surface area contributed by atoms with Crippen molar-refractivity contribution in [2.45, 2.75) is 30.8 Å². The third-order valence-electron chi connectivity index (χ3n) is 5.24. The number of carbonyl (C=O) groups is 2. The van der Waals surface area contributed by atoms with Gasteiger partial charge in [-0.1, -0.05) is 59.8 Å². The number of aromatic nitrogens is 2. The Hall–Kier alpha value is -3.10. The van der Waals surface area contributed by atoms with Crippen molar-refractivity contribution >= 4 is 46.7 Å². The molecule has 3 aromatic rings. The molecule has 0 radical (unpaired) electrons. The van der Waals surface area contributed by atoms with Crippen LogP contribution in [0.2, 0.25) is 5.02 Å². The molecule has 4 rings (SSSR count). The molecule has 1 aliphatic rings. The van der Waals surface area contributed by atoms with Crippen molar-refractivity contribution in [3.8, 4) is 0 Å². The lowest BCUT2D eigenvalue weighted by Crippen LogP contribution is -2.36. The number of hydrogen-bond donors (Lipinski definition) is 3. The third kappa shape index (κ3) is 4.87. The fourth-order valence-corrected chi connectivity index (χ4v) is 4.54. The van der Waals surface area contributed by atoms with Crippen LogP contribution in [0.4, 0.5) is 11.5 Å². The molecule has 0 aliphatic carbocycles. The second kappa shape index (κ2) is 9.58. The second-order valence-electron chi connectivity index (χ2n) is 7.42. The number of H-pyrrole nitrogens is 1. The van der Waals surface area contributed by atoms with Gasteiger partial charge in [0.25, 0.3) is 5.56 Å². The van der Waals surface area contributed by atoms with Gasteiger partial charge >= 0.3 is 0 Å². The summed E-state index contributed by atoms with van der Waals surface area (Å²) in [5.74, 6) is -0.925. The molecule has 0 unspecified atom stereocenters. The van der Waals surface area contributed by atoms with Gasteiger partial charge in [-0.25, -0.2) is 4.98 Å². The lowest BCUT2D eigenvalue weighted by atomic mass is 9.92. The van der Waals surface area contributed by atoms with Crippen LogP contribution in [0.25, 0.3) is 0 Å². The van der Waals surface area contributed by atoms with Gasteiger partial charge in [-0.3, -0.25) is 14.4 Å². The van der Waals surface area contributed by atoms with Crippen LogP contribution in [-0.4, -0.2) is 27.5 Å². The van der Waals surface area contributed by atoms with Crippen molar-refractivity contribution in [3.05, 3.63) is 80.6 Å². The highest BCUT2D eigenvalue weighted by Gasteiger charge is 2.35. The van der Waals surface area contributed by atoms with Crippen LogP contribution in [0.15, 0.2) is 58.5 Å². The van der Waals surface area contributed by atoms with Gasteiger partial charge in [0.15, 0.2) is 5.16 Å². The maximum absolute atomic E-state index is 13.0. The summed E-state index contributed by atoms with van der Waals surface area (Å²) in [4.78, 5) is 45.3. The summed E-state index contributed by atoms with van der Waals surface area (Å²) in [6, 6.07) is 15.2. The molecule has 1 atom stereocenters. The van der Waals surface area contributed by atoms with Crippen molar-refractivity contribution in [1.82, 2.24) is 9.97 Å². The molecule has 0 fully saturated rings. The van der Waals surface area contributed by atoms with Gasteiger partial charge in [0.1, 0.15) is 5.82 Å². The molecular formula is C23H21ClN4O3S. The average Bonchev–Trinajstić information content (AvgIpc) is 2.77. The maximum atomic E-state index is 13.0. The van der Waals surface area contributed by atoms with Gasteiger partial charge in [0.05, 0.1) is 11.5 Å². The quantitative estimate of drug-likeness (QED) is 0.372. The number of benzene rings is 2. The van der Waals surface area contributed by atoms with E-state index in [0.717, 1.165) is 6.42 Å². The SMILES string of the molecule is Cc1c(Cl)cccc1NC(=O)[C@H]1CC(=O)Nc2nc(SCCc3ccccc3)[nH]c(=O)c21. The first-order valence-corrected chi connectivity index (χ1v) is 11.5. The van der Waals surface area contributed by atoms with Crippen LogP contribution in [0.5, 0.6) is 0 Å². The number of fused-ring (bicyclic) bond motifs is 1. The fourth-order valence-electron chi connectivity index (χ4n) is 3.52. The predicted molar refractivity (Wildman–Crippen MR) is 127 cm³/mol. The number of halogens is 1. The normalized spacial score (nSPS) is 15.1.